The van der Waals surface area contributed by atoms with Gasteiger partial charge in [-0.15, -0.1) is 0 Å². The van der Waals surface area contributed by atoms with E-state index in [0.29, 0.717) is 11.7 Å². The number of rotatable bonds is 8. The molecule has 0 amide bonds. The van der Waals surface area contributed by atoms with Crippen molar-refractivity contribution in [1.82, 2.24) is 20.4 Å². The number of aryl methyl sites for hydroxylation is 1. The van der Waals surface area contributed by atoms with Gasteiger partial charge in [-0.2, -0.15) is 5.10 Å². The summed E-state index contributed by atoms with van der Waals surface area (Å²) in [6, 6.07) is 1.99. The molecule has 1 rings (SSSR count). The molecular formula is C12H22N4OS. The van der Waals surface area contributed by atoms with E-state index in [-0.39, 0.29) is 0 Å². The van der Waals surface area contributed by atoms with Gasteiger partial charge in [0, 0.05) is 32.5 Å². The first-order valence-electron chi connectivity index (χ1n) is 6.38. The summed E-state index contributed by atoms with van der Waals surface area (Å²) in [4.78, 5) is 0. The molecule has 0 aliphatic rings. The number of thiocarbonyl (C=S) groups is 1. The predicted octanol–water partition coefficient (Wildman–Crippen LogP) is 1.29. The van der Waals surface area contributed by atoms with Gasteiger partial charge in [-0.1, -0.05) is 0 Å². The highest BCUT2D eigenvalue weighted by atomic mass is 32.1. The normalized spacial score (nSPS) is 10.3. The largest absolute Gasteiger partial charge is 0.382 e. The van der Waals surface area contributed by atoms with Crippen molar-refractivity contribution in [2.75, 3.05) is 19.8 Å². The Balaban J connectivity index is 2.09. The summed E-state index contributed by atoms with van der Waals surface area (Å²) in [6.07, 6.45) is 2.93. The van der Waals surface area contributed by atoms with Crippen molar-refractivity contribution in [1.29, 1.82) is 0 Å². The van der Waals surface area contributed by atoms with Gasteiger partial charge in [-0.25, -0.2) is 0 Å². The van der Waals surface area contributed by atoms with Gasteiger partial charge in [0.25, 0.3) is 0 Å². The van der Waals surface area contributed by atoms with Crippen molar-refractivity contribution in [3.8, 4) is 0 Å². The molecule has 0 spiro atoms. The predicted molar refractivity (Wildman–Crippen MR) is 76.5 cm³/mol. The maximum Gasteiger partial charge on any atom is 0.166 e. The number of aromatic nitrogens is 2. The molecule has 1 aromatic heterocycles. The minimum absolute atomic E-state index is 0.657. The third kappa shape index (κ3) is 5.97. The number of nitrogens with zero attached hydrogens (tertiary/aromatic N) is 2. The minimum Gasteiger partial charge on any atom is -0.382 e. The Kier molecular flexibility index (Phi) is 7.36. The SMILES string of the molecule is CCOCCCNC(=S)NCc1ccn(CC)n1. The van der Waals surface area contributed by atoms with Crippen LogP contribution in [-0.4, -0.2) is 34.7 Å². The van der Waals surface area contributed by atoms with Crippen LogP contribution in [0.15, 0.2) is 12.3 Å². The summed E-state index contributed by atoms with van der Waals surface area (Å²) >= 11 is 5.17. The van der Waals surface area contributed by atoms with Crippen LogP contribution in [0.2, 0.25) is 0 Å². The second kappa shape index (κ2) is 8.88. The molecule has 6 heteroatoms. The van der Waals surface area contributed by atoms with E-state index in [1.165, 1.54) is 0 Å². The highest BCUT2D eigenvalue weighted by molar-refractivity contribution is 7.80. The van der Waals surface area contributed by atoms with Crippen molar-refractivity contribution in [2.45, 2.75) is 33.4 Å². The molecule has 2 N–H and O–H groups in total. The molecule has 0 atom stereocenters. The molecule has 1 heterocycles. The van der Waals surface area contributed by atoms with E-state index in [0.717, 1.165) is 38.4 Å². The highest BCUT2D eigenvalue weighted by Gasteiger charge is 1.99. The zero-order chi connectivity index (χ0) is 13.2. The monoisotopic (exact) mass is 270 g/mol. The van der Waals surface area contributed by atoms with Crippen LogP contribution in [0.3, 0.4) is 0 Å². The lowest BCUT2D eigenvalue weighted by atomic mass is 10.4. The third-order valence-corrected chi connectivity index (χ3v) is 2.69. The van der Waals surface area contributed by atoms with E-state index in [1.807, 2.05) is 23.9 Å². The average molecular weight is 270 g/mol. The summed E-state index contributed by atoms with van der Waals surface area (Å²) in [5.74, 6) is 0. The molecule has 0 bridgehead atoms. The Labute approximate surface area is 114 Å². The lowest BCUT2D eigenvalue weighted by Gasteiger charge is -2.09. The van der Waals surface area contributed by atoms with Crippen molar-refractivity contribution < 1.29 is 4.74 Å². The smallest absolute Gasteiger partial charge is 0.166 e. The first-order valence-corrected chi connectivity index (χ1v) is 6.78. The van der Waals surface area contributed by atoms with E-state index in [9.17, 15) is 0 Å². The molecule has 0 aliphatic carbocycles. The van der Waals surface area contributed by atoms with Crippen LogP contribution in [0, 0.1) is 0 Å². The van der Waals surface area contributed by atoms with Crippen molar-refractivity contribution >= 4 is 17.3 Å². The van der Waals surface area contributed by atoms with Crippen LogP contribution in [0.5, 0.6) is 0 Å². The number of hydrogen-bond donors (Lipinski definition) is 2. The average Bonchev–Trinajstić information content (AvgIpc) is 2.84. The van der Waals surface area contributed by atoms with E-state index in [2.05, 4.69) is 22.7 Å². The van der Waals surface area contributed by atoms with Crippen LogP contribution in [0.4, 0.5) is 0 Å². The van der Waals surface area contributed by atoms with E-state index in [4.69, 9.17) is 17.0 Å². The van der Waals surface area contributed by atoms with Crippen LogP contribution in [-0.2, 0) is 17.8 Å². The van der Waals surface area contributed by atoms with Gasteiger partial charge >= 0.3 is 0 Å². The van der Waals surface area contributed by atoms with Gasteiger partial charge in [0.05, 0.1) is 12.2 Å². The van der Waals surface area contributed by atoms with Gasteiger partial charge in [0.15, 0.2) is 5.11 Å². The van der Waals surface area contributed by atoms with E-state index in [1.54, 1.807) is 0 Å². The Morgan fingerprint density at radius 3 is 2.94 bits per heavy atom. The molecule has 5 nitrogen and oxygen atoms in total. The highest BCUT2D eigenvalue weighted by Crippen LogP contribution is 1.94. The number of ether oxygens (including phenoxy) is 1. The van der Waals surface area contributed by atoms with Crippen molar-refractivity contribution in [2.24, 2.45) is 0 Å². The van der Waals surface area contributed by atoms with E-state index >= 15 is 0 Å². The standard InChI is InChI=1S/C12H22N4OS/c1-3-16-8-6-11(15-16)10-14-12(18)13-7-5-9-17-4-2/h6,8H,3-5,7,9-10H2,1-2H3,(H2,13,14,18). The summed E-state index contributed by atoms with van der Waals surface area (Å²) in [7, 11) is 0. The van der Waals surface area contributed by atoms with Crippen LogP contribution in [0.1, 0.15) is 26.0 Å². The summed E-state index contributed by atoms with van der Waals surface area (Å²) in [5.41, 5.74) is 0.996. The molecular weight excluding hydrogens is 248 g/mol. The van der Waals surface area contributed by atoms with Crippen LogP contribution < -0.4 is 10.6 Å². The molecule has 0 unspecified atom stereocenters. The maximum absolute atomic E-state index is 5.24. The molecule has 102 valence electrons. The first-order chi connectivity index (χ1) is 8.76. The molecule has 0 aromatic carbocycles. The van der Waals surface area contributed by atoms with Crippen molar-refractivity contribution in [3.63, 3.8) is 0 Å². The molecule has 0 saturated heterocycles. The topological polar surface area (TPSA) is 51.1 Å². The Bertz CT molecular complexity index is 354. The first kappa shape index (κ1) is 14.9. The Morgan fingerprint density at radius 2 is 2.28 bits per heavy atom. The van der Waals surface area contributed by atoms with Crippen molar-refractivity contribution in [3.05, 3.63) is 18.0 Å². The molecule has 18 heavy (non-hydrogen) atoms. The summed E-state index contributed by atoms with van der Waals surface area (Å²) in [5, 5.41) is 11.3. The molecule has 0 fully saturated rings. The van der Waals surface area contributed by atoms with Gasteiger partial charge < -0.3 is 15.4 Å². The fourth-order valence-electron chi connectivity index (χ4n) is 1.43. The van der Waals surface area contributed by atoms with Crippen LogP contribution in [0.25, 0.3) is 0 Å². The second-order valence-corrected chi connectivity index (χ2v) is 4.23. The van der Waals surface area contributed by atoms with Gasteiger partial charge in [-0.05, 0) is 38.6 Å². The molecule has 1 aromatic rings. The number of hydrogen-bond acceptors (Lipinski definition) is 3. The van der Waals surface area contributed by atoms with Crippen LogP contribution >= 0.6 is 12.2 Å². The van der Waals surface area contributed by atoms with Gasteiger partial charge in [-0.3, -0.25) is 4.68 Å². The zero-order valence-electron chi connectivity index (χ0n) is 11.1. The lowest BCUT2D eigenvalue weighted by Crippen LogP contribution is -2.35. The van der Waals surface area contributed by atoms with Gasteiger partial charge in [0.1, 0.15) is 0 Å². The maximum atomic E-state index is 5.24. The molecule has 0 saturated carbocycles. The quantitative estimate of drug-likeness (QED) is 0.551. The second-order valence-electron chi connectivity index (χ2n) is 3.82. The molecule has 0 radical (unpaired) electrons. The fraction of sp³-hybridized carbons (Fsp3) is 0.667. The lowest BCUT2D eigenvalue weighted by molar-refractivity contribution is 0.145. The fourth-order valence-corrected chi connectivity index (χ4v) is 1.60. The Hall–Kier alpha value is -1.14. The summed E-state index contributed by atoms with van der Waals surface area (Å²) in [6.45, 7) is 7.97. The Morgan fingerprint density at radius 1 is 1.44 bits per heavy atom. The zero-order valence-corrected chi connectivity index (χ0v) is 11.9. The number of nitrogens with one attached hydrogen (secondary N) is 2. The minimum atomic E-state index is 0.657. The summed E-state index contributed by atoms with van der Waals surface area (Å²) < 4.78 is 7.14. The third-order valence-electron chi connectivity index (χ3n) is 2.41. The molecule has 0 aliphatic heterocycles. The van der Waals surface area contributed by atoms with E-state index < -0.39 is 0 Å². The van der Waals surface area contributed by atoms with Gasteiger partial charge in [0.2, 0.25) is 0 Å².